The van der Waals surface area contributed by atoms with E-state index in [0.717, 1.165) is 38.8 Å². The molecule has 1 aliphatic heterocycles. The van der Waals surface area contributed by atoms with Gasteiger partial charge in [-0.3, -0.25) is 19.3 Å². The number of para-hydroxylation sites is 1. The number of ether oxygens (including phenoxy) is 1. The molecule has 1 aromatic heterocycles. The van der Waals surface area contributed by atoms with Crippen LogP contribution in [-0.2, 0) is 20.9 Å². The molecular formula is C25H23FN2O4S. The summed E-state index contributed by atoms with van der Waals surface area (Å²) in [7, 11) is 0. The molecule has 0 bridgehead atoms. The van der Waals surface area contributed by atoms with Crippen LogP contribution in [0.15, 0.2) is 53.4 Å². The van der Waals surface area contributed by atoms with E-state index >= 15 is 0 Å². The number of imide groups is 1. The number of fused-ring (bicyclic) bond motifs is 1. The molecule has 0 aliphatic carbocycles. The maximum Gasteiger partial charge on any atom is 0.326 e. The maximum absolute atomic E-state index is 14.3. The summed E-state index contributed by atoms with van der Waals surface area (Å²) in [6.07, 6.45) is 1.34. The van der Waals surface area contributed by atoms with Crippen molar-refractivity contribution in [2.45, 2.75) is 33.4 Å². The normalized spacial score (nSPS) is 15.3. The van der Waals surface area contributed by atoms with Gasteiger partial charge in [-0.15, -0.1) is 0 Å². The van der Waals surface area contributed by atoms with Crippen molar-refractivity contribution in [2.24, 2.45) is 0 Å². The van der Waals surface area contributed by atoms with Gasteiger partial charge in [0.25, 0.3) is 11.1 Å². The van der Waals surface area contributed by atoms with Crippen molar-refractivity contribution in [1.29, 1.82) is 0 Å². The van der Waals surface area contributed by atoms with Crippen LogP contribution >= 0.6 is 11.8 Å². The minimum Gasteiger partial charge on any atom is -0.462 e. The van der Waals surface area contributed by atoms with Gasteiger partial charge in [-0.2, -0.15) is 0 Å². The quantitative estimate of drug-likeness (QED) is 0.372. The number of rotatable bonds is 6. The summed E-state index contributed by atoms with van der Waals surface area (Å²) in [5.74, 6) is -1.45. The van der Waals surface area contributed by atoms with Gasteiger partial charge in [0, 0.05) is 27.7 Å². The van der Waals surface area contributed by atoms with Crippen molar-refractivity contribution in [3.8, 4) is 0 Å². The Hall–Kier alpha value is -3.39. The summed E-state index contributed by atoms with van der Waals surface area (Å²) in [6, 6.07) is 14.3. The molecule has 4 rings (SSSR count). The van der Waals surface area contributed by atoms with Gasteiger partial charge in [0.2, 0.25) is 0 Å². The number of carbonyl (C=O) groups excluding carboxylic acids is 3. The van der Waals surface area contributed by atoms with Crippen LogP contribution in [0, 0.1) is 12.7 Å². The van der Waals surface area contributed by atoms with E-state index in [1.54, 1.807) is 38.1 Å². The average molecular weight is 467 g/mol. The molecule has 3 aromatic rings. The van der Waals surface area contributed by atoms with Crippen LogP contribution in [0.25, 0.3) is 17.0 Å². The second kappa shape index (κ2) is 9.23. The number of thioether (sulfide) groups is 1. The number of benzene rings is 2. The lowest BCUT2D eigenvalue weighted by Gasteiger charge is -2.13. The topological polar surface area (TPSA) is 68.6 Å². The lowest BCUT2D eigenvalue weighted by atomic mass is 10.1. The highest BCUT2D eigenvalue weighted by Crippen LogP contribution is 2.36. The first-order chi connectivity index (χ1) is 15.8. The molecule has 2 amide bonds. The smallest absolute Gasteiger partial charge is 0.326 e. The Balaban J connectivity index is 1.70. The Kier molecular flexibility index (Phi) is 6.37. The van der Waals surface area contributed by atoms with Crippen LogP contribution < -0.4 is 0 Å². The van der Waals surface area contributed by atoms with Crippen molar-refractivity contribution < 1.29 is 23.5 Å². The summed E-state index contributed by atoms with van der Waals surface area (Å²) < 4.78 is 21.4. The van der Waals surface area contributed by atoms with Gasteiger partial charge in [0.15, 0.2) is 0 Å². The van der Waals surface area contributed by atoms with Gasteiger partial charge in [0.05, 0.1) is 17.6 Å². The summed E-state index contributed by atoms with van der Waals surface area (Å²) in [4.78, 5) is 38.4. The number of aromatic nitrogens is 1. The third-order valence-electron chi connectivity index (χ3n) is 5.37. The minimum atomic E-state index is -0.633. The maximum atomic E-state index is 14.3. The van der Waals surface area contributed by atoms with E-state index in [1.165, 1.54) is 6.07 Å². The molecule has 1 fully saturated rings. The van der Waals surface area contributed by atoms with Gasteiger partial charge in [0.1, 0.15) is 12.4 Å². The molecule has 0 radical (unpaired) electrons. The fraction of sp³-hybridized carbons (Fsp3) is 0.240. The molecule has 2 aromatic carbocycles. The first kappa shape index (κ1) is 22.8. The van der Waals surface area contributed by atoms with Crippen molar-refractivity contribution in [3.05, 3.63) is 76.1 Å². The first-order valence-corrected chi connectivity index (χ1v) is 11.3. The van der Waals surface area contributed by atoms with Crippen LogP contribution in [0.3, 0.4) is 0 Å². The predicted molar refractivity (Wildman–Crippen MR) is 126 cm³/mol. The van der Waals surface area contributed by atoms with Gasteiger partial charge in [-0.25, -0.2) is 4.39 Å². The lowest BCUT2D eigenvalue weighted by Crippen LogP contribution is -2.35. The SMILES string of the molecule is Cc1c(/C=C2/SC(=O)N(CC(=O)OC(C)C)C2=O)c2ccccc2n1Cc1ccccc1F. The van der Waals surface area contributed by atoms with Crippen molar-refractivity contribution >= 4 is 45.9 Å². The van der Waals surface area contributed by atoms with E-state index in [9.17, 15) is 18.8 Å². The van der Waals surface area contributed by atoms with E-state index in [4.69, 9.17) is 4.74 Å². The van der Waals surface area contributed by atoms with Gasteiger partial charge in [-0.05, 0) is 50.7 Å². The van der Waals surface area contributed by atoms with E-state index in [-0.39, 0.29) is 16.8 Å². The summed E-state index contributed by atoms with van der Waals surface area (Å²) in [6.45, 7) is 5.21. The lowest BCUT2D eigenvalue weighted by molar-refractivity contribution is -0.149. The molecule has 8 heteroatoms. The molecule has 2 heterocycles. The minimum absolute atomic E-state index is 0.231. The summed E-state index contributed by atoms with van der Waals surface area (Å²) >= 11 is 0.792. The number of esters is 1. The Labute approximate surface area is 195 Å². The number of carbonyl (C=O) groups is 3. The molecular weight excluding hydrogens is 443 g/mol. The molecule has 1 aliphatic rings. The highest BCUT2D eigenvalue weighted by Gasteiger charge is 2.37. The van der Waals surface area contributed by atoms with E-state index < -0.39 is 23.7 Å². The molecule has 1 saturated heterocycles. The zero-order valence-electron chi connectivity index (χ0n) is 18.5. The molecule has 170 valence electrons. The van der Waals surface area contributed by atoms with Crippen LogP contribution in [0.5, 0.6) is 0 Å². The van der Waals surface area contributed by atoms with E-state index in [1.807, 2.05) is 35.8 Å². The number of hydrogen-bond donors (Lipinski definition) is 0. The number of halogens is 1. The fourth-order valence-electron chi connectivity index (χ4n) is 3.84. The number of hydrogen-bond acceptors (Lipinski definition) is 5. The van der Waals surface area contributed by atoms with Crippen molar-refractivity contribution in [2.75, 3.05) is 6.54 Å². The number of amides is 2. The zero-order valence-corrected chi connectivity index (χ0v) is 19.3. The Bertz CT molecular complexity index is 1290. The molecule has 0 N–H and O–H groups in total. The van der Waals surface area contributed by atoms with Crippen LogP contribution in [-0.4, -0.2) is 39.2 Å². The van der Waals surface area contributed by atoms with Crippen LogP contribution in [0.2, 0.25) is 0 Å². The van der Waals surface area contributed by atoms with E-state index in [2.05, 4.69) is 0 Å². The third kappa shape index (κ3) is 4.57. The summed E-state index contributed by atoms with van der Waals surface area (Å²) in [5, 5.41) is 0.372. The van der Waals surface area contributed by atoms with Gasteiger partial charge < -0.3 is 9.30 Å². The average Bonchev–Trinajstić information content (AvgIpc) is 3.18. The molecule has 0 spiro atoms. The monoisotopic (exact) mass is 466 g/mol. The van der Waals surface area contributed by atoms with Crippen molar-refractivity contribution in [3.63, 3.8) is 0 Å². The standard InChI is InChI=1S/C25H23FN2O4S/c1-15(2)32-23(29)14-28-24(30)22(33-25(28)31)12-19-16(3)27(21-11-7-5-9-18(19)21)13-17-8-4-6-10-20(17)26/h4-12,15H,13-14H2,1-3H3/b22-12+. The Morgan fingerprint density at radius 1 is 1.12 bits per heavy atom. The third-order valence-corrected chi connectivity index (χ3v) is 6.28. The van der Waals surface area contributed by atoms with Gasteiger partial charge >= 0.3 is 5.97 Å². The molecule has 0 unspecified atom stereocenters. The Morgan fingerprint density at radius 2 is 1.82 bits per heavy atom. The molecule has 0 saturated carbocycles. The molecule has 33 heavy (non-hydrogen) atoms. The highest BCUT2D eigenvalue weighted by atomic mass is 32.2. The molecule has 6 nitrogen and oxygen atoms in total. The van der Waals surface area contributed by atoms with Crippen LogP contribution in [0.1, 0.15) is 30.7 Å². The Morgan fingerprint density at radius 3 is 2.55 bits per heavy atom. The summed E-state index contributed by atoms with van der Waals surface area (Å²) in [5.41, 5.74) is 3.06. The second-order valence-corrected chi connectivity index (χ2v) is 8.99. The number of nitrogens with zero attached hydrogens (tertiary/aromatic N) is 2. The fourth-order valence-corrected chi connectivity index (χ4v) is 4.66. The first-order valence-electron chi connectivity index (χ1n) is 10.5. The molecule has 0 atom stereocenters. The largest absolute Gasteiger partial charge is 0.462 e. The van der Waals surface area contributed by atoms with Crippen LogP contribution in [0.4, 0.5) is 9.18 Å². The second-order valence-electron chi connectivity index (χ2n) is 8.00. The predicted octanol–water partition coefficient (Wildman–Crippen LogP) is 5.13. The zero-order chi connectivity index (χ0) is 23.7. The van der Waals surface area contributed by atoms with Crippen molar-refractivity contribution in [1.82, 2.24) is 9.47 Å². The van der Waals surface area contributed by atoms with E-state index in [0.29, 0.717) is 12.1 Å². The van der Waals surface area contributed by atoms with Gasteiger partial charge in [-0.1, -0.05) is 36.4 Å². The highest BCUT2D eigenvalue weighted by molar-refractivity contribution is 8.18.